The summed E-state index contributed by atoms with van der Waals surface area (Å²) in [5.74, 6) is 0.905. The zero-order valence-electron chi connectivity index (χ0n) is 16.6. The van der Waals surface area contributed by atoms with Gasteiger partial charge in [0, 0.05) is 10.5 Å². The van der Waals surface area contributed by atoms with Gasteiger partial charge in [0.05, 0.1) is 18.8 Å². The molecule has 3 rings (SSSR count). The minimum Gasteiger partial charge on any atom is -0.494 e. The Labute approximate surface area is 166 Å². The molecule has 27 heavy (non-hydrogen) atoms. The van der Waals surface area contributed by atoms with Gasteiger partial charge in [-0.2, -0.15) is 0 Å². The summed E-state index contributed by atoms with van der Waals surface area (Å²) in [5.41, 5.74) is 6.41. The minimum atomic E-state index is -0.651. The van der Waals surface area contributed by atoms with E-state index in [0.29, 0.717) is 13.0 Å². The molecule has 1 aliphatic rings. The molecule has 1 fully saturated rings. The minimum absolute atomic E-state index is 0.0361. The average molecular weight is 387 g/mol. The van der Waals surface area contributed by atoms with Crippen LogP contribution in [0.5, 0.6) is 5.75 Å². The van der Waals surface area contributed by atoms with Crippen LogP contribution in [-0.4, -0.2) is 34.3 Å². The molecule has 0 aromatic heterocycles. The van der Waals surface area contributed by atoms with Crippen molar-refractivity contribution in [3.05, 3.63) is 64.2 Å². The first-order valence-corrected chi connectivity index (χ1v) is 10.7. The largest absolute Gasteiger partial charge is 0.494 e. The lowest BCUT2D eigenvalue weighted by molar-refractivity contribution is 0.0109. The summed E-state index contributed by atoms with van der Waals surface area (Å²) in [6, 6.07) is 12.9. The fourth-order valence-corrected chi connectivity index (χ4v) is 5.38. The van der Waals surface area contributed by atoms with Crippen molar-refractivity contribution in [2.24, 2.45) is 0 Å². The lowest BCUT2D eigenvalue weighted by atomic mass is 9.91. The van der Waals surface area contributed by atoms with Crippen LogP contribution in [0.3, 0.4) is 0 Å². The standard InChI is InChI=1S/C23H30O3S/c1-5-26-19-8-6-17(7-9-19)11-18-12-20(15(3)10-14(18)2)22-13-21(24)23(25)16(4)27-22/h6-10,12,16,21-25H,5,11,13H2,1-4H3. The molecule has 4 unspecified atom stereocenters. The highest BCUT2D eigenvalue weighted by Crippen LogP contribution is 2.44. The molecule has 0 amide bonds. The first-order valence-electron chi connectivity index (χ1n) is 9.72. The second kappa shape index (κ2) is 8.68. The van der Waals surface area contributed by atoms with E-state index in [2.05, 4.69) is 38.1 Å². The first kappa shape index (κ1) is 20.2. The molecular formula is C23H30O3S. The van der Waals surface area contributed by atoms with Crippen molar-refractivity contribution in [2.45, 2.75) is 63.2 Å². The average Bonchev–Trinajstić information content (AvgIpc) is 2.63. The lowest BCUT2D eigenvalue weighted by Crippen LogP contribution is -2.39. The zero-order valence-corrected chi connectivity index (χ0v) is 17.4. The molecule has 4 atom stereocenters. The molecule has 2 aromatic rings. The maximum absolute atomic E-state index is 10.2. The molecular weight excluding hydrogens is 356 g/mol. The molecule has 3 nitrogen and oxygen atoms in total. The number of benzene rings is 2. The topological polar surface area (TPSA) is 49.7 Å². The van der Waals surface area contributed by atoms with Crippen molar-refractivity contribution in [1.29, 1.82) is 0 Å². The Morgan fingerprint density at radius 3 is 2.41 bits per heavy atom. The van der Waals surface area contributed by atoms with Crippen LogP contribution < -0.4 is 4.74 Å². The molecule has 4 heteroatoms. The molecule has 0 aliphatic carbocycles. The van der Waals surface area contributed by atoms with Crippen LogP contribution in [0.15, 0.2) is 36.4 Å². The first-order chi connectivity index (χ1) is 12.9. The van der Waals surface area contributed by atoms with Crippen molar-refractivity contribution in [2.75, 3.05) is 6.61 Å². The van der Waals surface area contributed by atoms with Crippen molar-refractivity contribution < 1.29 is 14.9 Å². The third kappa shape index (κ3) is 4.68. The Kier molecular flexibility index (Phi) is 6.51. The van der Waals surface area contributed by atoms with E-state index >= 15 is 0 Å². The highest BCUT2D eigenvalue weighted by atomic mass is 32.2. The molecule has 0 bridgehead atoms. The van der Waals surface area contributed by atoms with Crippen LogP contribution >= 0.6 is 11.8 Å². The maximum Gasteiger partial charge on any atom is 0.119 e. The van der Waals surface area contributed by atoms with Crippen molar-refractivity contribution in [3.63, 3.8) is 0 Å². The van der Waals surface area contributed by atoms with Gasteiger partial charge in [0.25, 0.3) is 0 Å². The van der Waals surface area contributed by atoms with Gasteiger partial charge in [0.2, 0.25) is 0 Å². The van der Waals surface area contributed by atoms with Crippen LogP contribution in [0, 0.1) is 13.8 Å². The summed E-state index contributed by atoms with van der Waals surface area (Å²) < 4.78 is 5.53. The van der Waals surface area contributed by atoms with Gasteiger partial charge in [-0.1, -0.05) is 31.2 Å². The number of aliphatic hydroxyl groups is 2. The number of hydrogen-bond acceptors (Lipinski definition) is 4. The highest BCUT2D eigenvalue weighted by Gasteiger charge is 2.35. The Morgan fingerprint density at radius 2 is 1.78 bits per heavy atom. The van der Waals surface area contributed by atoms with Crippen LogP contribution in [0.25, 0.3) is 0 Å². The van der Waals surface area contributed by atoms with Gasteiger partial charge < -0.3 is 14.9 Å². The van der Waals surface area contributed by atoms with E-state index in [1.54, 1.807) is 11.8 Å². The lowest BCUT2D eigenvalue weighted by Gasteiger charge is -2.35. The van der Waals surface area contributed by atoms with E-state index in [-0.39, 0.29) is 10.5 Å². The summed E-state index contributed by atoms with van der Waals surface area (Å²) in [6.45, 7) is 8.97. The summed E-state index contributed by atoms with van der Waals surface area (Å²) in [7, 11) is 0. The third-order valence-corrected chi connectivity index (χ3v) is 6.89. The van der Waals surface area contributed by atoms with E-state index in [1.165, 1.54) is 27.8 Å². The number of ether oxygens (including phenoxy) is 1. The van der Waals surface area contributed by atoms with Gasteiger partial charge in [-0.3, -0.25) is 0 Å². The fourth-order valence-electron chi connectivity index (χ4n) is 3.81. The van der Waals surface area contributed by atoms with E-state index in [1.807, 2.05) is 26.0 Å². The van der Waals surface area contributed by atoms with E-state index in [4.69, 9.17) is 4.74 Å². The zero-order chi connectivity index (χ0) is 19.6. The number of aryl methyl sites for hydroxylation is 2. The summed E-state index contributed by atoms with van der Waals surface area (Å²) >= 11 is 1.77. The summed E-state index contributed by atoms with van der Waals surface area (Å²) in [5, 5.41) is 20.5. The monoisotopic (exact) mass is 386 g/mol. The van der Waals surface area contributed by atoms with Gasteiger partial charge in [-0.05, 0) is 73.6 Å². The Morgan fingerprint density at radius 1 is 1.07 bits per heavy atom. The quantitative estimate of drug-likeness (QED) is 0.790. The third-order valence-electron chi connectivity index (χ3n) is 5.41. The van der Waals surface area contributed by atoms with Gasteiger partial charge in [-0.15, -0.1) is 11.8 Å². The summed E-state index contributed by atoms with van der Waals surface area (Å²) in [6.07, 6.45) is 0.188. The molecule has 2 aromatic carbocycles. The Balaban J connectivity index is 1.83. The second-order valence-electron chi connectivity index (χ2n) is 7.51. The van der Waals surface area contributed by atoms with E-state index in [0.717, 1.165) is 12.2 Å². The molecule has 146 valence electrons. The number of aliphatic hydroxyl groups excluding tert-OH is 2. The number of rotatable bonds is 5. The van der Waals surface area contributed by atoms with Crippen molar-refractivity contribution >= 4 is 11.8 Å². The van der Waals surface area contributed by atoms with E-state index < -0.39 is 12.2 Å². The second-order valence-corrected chi connectivity index (χ2v) is 9.10. The maximum atomic E-state index is 10.2. The fraction of sp³-hybridized carbons (Fsp3) is 0.478. The van der Waals surface area contributed by atoms with Gasteiger partial charge >= 0.3 is 0 Å². The summed E-state index contributed by atoms with van der Waals surface area (Å²) in [4.78, 5) is 0. The van der Waals surface area contributed by atoms with Gasteiger partial charge in [0.15, 0.2) is 0 Å². The molecule has 1 saturated heterocycles. The van der Waals surface area contributed by atoms with Crippen LogP contribution in [0.1, 0.15) is 53.3 Å². The molecule has 1 heterocycles. The molecule has 2 N–H and O–H groups in total. The van der Waals surface area contributed by atoms with Crippen molar-refractivity contribution in [3.8, 4) is 5.75 Å². The SMILES string of the molecule is CCOc1ccc(Cc2cc(C3CC(O)C(O)C(C)S3)c(C)cc2C)cc1. The number of hydrogen-bond donors (Lipinski definition) is 2. The van der Waals surface area contributed by atoms with Crippen molar-refractivity contribution in [1.82, 2.24) is 0 Å². The predicted octanol–water partition coefficient (Wildman–Crippen LogP) is 4.58. The van der Waals surface area contributed by atoms with Gasteiger partial charge in [0.1, 0.15) is 5.75 Å². The molecule has 0 saturated carbocycles. The molecule has 0 spiro atoms. The highest BCUT2D eigenvalue weighted by molar-refractivity contribution is 8.00. The molecule has 0 radical (unpaired) electrons. The Hall–Kier alpha value is -1.49. The predicted molar refractivity (Wildman–Crippen MR) is 113 cm³/mol. The normalized spacial score (nSPS) is 25.4. The molecule has 1 aliphatic heterocycles. The van der Waals surface area contributed by atoms with E-state index in [9.17, 15) is 10.2 Å². The van der Waals surface area contributed by atoms with Crippen LogP contribution in [0.2, 0.25) is 0 Å². The van der Waals surface area contributed by atoms with Gasteiger partial charge in [-0.25, -0.2) is 0 Å². The number of thioether (sulfide) groups is 1. The smallest absolute Gasteiger partial charge is 0.119 e. The Bertz CT molecular complexity index is 760. The van der Waals surface area contributed by atoms with Crippen LogP contribution in [0.4, 0.5) is 0 Å². The van der Waals surface area contributed by atoms with Crippen LogP contribution in [-0.2, 0) is 6.42 Å².